The number of carbonyl (C=O) groups excluding carboxylic acids is 1. The lowest BCUT2D eigenvalue weighted by molar-refractivity contribution is -0.121. The van der Waals surface area contributed by atoms with Crippen LogP contribution in [0.1, 0.15) is 24.8 Å². The monoisotopic (exact) mass is 372 g/mol. The number of benzene rings is 2. The summed E-state index contributed by atoms with van der Waals surface area (Å²) in [6.45, 7) is 0.366. The quantitative estimate of drug-likeness (QED) is 0.647. The lowest BCUT2D eigenvalue weighted by Crippen LogP contribution is -2.25. The molecule has 1 aliphatic carbocycles. The summed E-state index contributed by atoms with van der Waals surface area (Å²) in [5.74, 6) is -1.23. The van der Waals surface area contributed by atoms with Crippen molar-refractivity contribution >= 4 is 16.8 Å². The van der Waals surface area contributed by atoms with Crippen molar-refractivity contribution in [2.24, 2.45) is 5.92 Å². The average molecular weight is 372 g/mol. The molecule has 1 saturated carbocycles. The molecule has 1 aromatic heterocycles. The van der Waals surface area contributed by atoms with Gasteiger partial charge in [0.1, 0.15) is 17.5 Å². The Labute approximate surface area is 154 Å². The molecule has 1 amide bonds. The molecular weight excluding hydrogens is 353 g/mol. The summed E-state index contributed by atoms with van der Waals surface area (Å²) in [6.07, 6.45) is 3.14. The van der Waals surface area contributed by atoms with Crippen molar-refractivity contribution in [3.8, 4) is 11.3 Å². The van der Waals surface area contributed by atoms with E-state index in [-0.39, 0.29) is 17.2 Å². The van der Waals surface area contributed by atoms with Gasteiger partial charge in [0.15, 0.2) is 0 Å². The molecule has 1 aliphatic rings. The number of hydrogen-bond donors (Lipinski definition) is 2. The van der Waals surface area contributed by atoms with E-state index in [1.807, 2.05) is 0 Å². The smallest absolute Gasteiger partial charge is 0.220 e. The Hall–Kier alpha value is -2.76. The van der Waals surface area contributed by atoms with Crippen molar-refractivity contribution in [3.63, 3.8) is 0 Å². The number of amides is 1. The molecule has 1 fully saturated rings. The number of aromatic nitrogens is 1. The minimum atomic E-state index is -0.683. The molecule has 0 spiro atoms. The number of carbonyl (C=O) groups is 1. The van der Waals surface area contributed by atoms with Crippen molar-refractivity contribution in [1.29, 1.82) is 0 Å². The van der Waals surface area contributed by atoms with Crippen LogP contribution >= 0.6 is 0 Å². The van der Waals surface area contributed by atoms with Gasteiger partial charge in [0.05, 0.1) is 5.52 Å². The second-order valence-corrected chi connectivity index (χ2v) is 7.04. The van der Waals surface area contributed by atoms with Gasteiger partial charge in [-0.3, -0.25) is 4.79 Å². The topological polar surface area (TPSA) is 44.9 Å². The molecular formula is C21H19F3N2O. The molecule has 2 aromatic carbocycles. The third kappa shape index (κ3) is 3.84. The molecule has 0 saturated heterocycles. The van der Waals surface area contributed by atoms with Gasteiger partial charge >= 0.3 is 0 Å². The van der Waals surface area contributed by atoms with E-state index in [0.717, 1.165) is 18.9 Å². The Morgan fingerprint density at radius 2 is 1.81 bits per heavy atom. The summed E-state index contributed by atoms with van der Waals surface area (Å²) in [5.41, 5.74) is 2.18. The first kappa shape index (κ1) is 17.6. The molecule has 140 valence electrons. The van der Waals surface area contributed by atoms with E-state index in [0.29, 0.717) is 47.5 Å². The highest BCUT2D eigenvalue weighted by atomic mass is 19.1. The number of halogens is 3. The molecule has 3 nitrogen and oxygen atoms in total. The minimum absolute atomic E-state index is 0.00182. The summed E-state index contributed by atoms with van der Waals surface area (Å²) >= 11 is 0. The summed E-state index contributed by atoms with van der Waals surface area (Å²) in [7, 11) is 0. The van der Waals surface area contributed by atoms with Crippen LogP contribution in [0.15, 0.2) is 36.4 Å². The maximum absolute atomic E-state index is 14.2. The van der Waals surface area contributed by atoms with Crippen molar-refractivity contribution in [3.05, 3.63) is 59.4 Å². The van der Waals surface area contributed by atoms with Crippen molar-refractivity contribution in [2.45, 2.75) is 25.7 Å². The zero-order valence-corrected chi connectivity index (χ0v) is 14.6. The molecule has 0 radical (unpaired) electrons. The number of hydrogen-bond acceptors (Lipinski definition) is 1. The van der Waals surface area contributed by atoms with Gasteiger partial charge in [-0.25, -0.2) is 13.2 Å². The fourth-order valence-electron chi connectivity index (χ4n) is 3.38. The molecule has 0 atom stereocenters. The van der Waals surface area contributed by atoms with Crippen molar-refractivity contribution < 1.29 is 18.0 Å². The highest BCUT2D eigenvalue weighted by Crippen LogP contribution is 2.33. The first-order chi connectivity index (χ1) is 13.0. The molecule has 1 heterocycles. The standard InChI is InChI=1S/C21H19F3N2O/c22-14-5-3-13(4-6-14)20-16(7-8-25-19(27)9-12-1-2-12)17-10-15(23)11-18(24)21(17)26-20/h3-6,10-12,26H,1-2,7-9H2,(H,25,27). The summed E-state index contributed by atoms with van der Waals surface area (Å²) in [4.78, 5) is 14.9. The molecule has 0 bridgehead atoms. The molecule has 4 rings (SSSR count). The molecule has 0 unspecified atom stereocenters. The van der Waals surface area contributed by atoms with Gasteiger partial charge in [-0.1, -0.05) is 0 Å². The highest BCUT2D eigenvalue weighted by Gasteiger charge is 2.24. The summed E-state index contributed by atoms with van der Waals surface area (Å²) in [5, 5.41) is 3.31. The van der Waals surface area contributed by atoms with E-state index < -0.39 is 11.6 Å². The van der Waals surface area contributed by atoms with Gasteiger partial charge in [0.25, 0.3) is 0 Å². The van der Waals surface area contributed by atoms with Gasteiger partial charge in [0, 0.05) is 30.1 Å². The lowest BCUT2D eigenvalue weighted by Gasteiger charge is -2.07. The third-order valence-electron chi connectivity index (χ3n) is 4.93. The maximum Gasteiger partial charge on any atom is 0.220 e. The molecule has 27 heavy (non-hydrogen) atoms. The van der Waals surface area contributed by atoms with Crippen LogP contribution in [0.5, 0.6) is 0 Å². The van der Waals surface area contributed by atoms with Gasteiger partial charge in [-0.05, 0) is 66.6 Å². The Morgan fingerprint density at radius 1 is 1.07 bits per heavy atom. The van der Waals surface area contributed by atoms with E-state index in [1.165, 1.54) is 18.2 Å². The zero-order valence-electron chi connectivity index (χ0n) is 14.6. The fraction of sp³-hybridized carbons (Fsp3) is 0.286. The van der Waals surface area contributed by atoms with Crippen LogP contribution in [-0.4, -0.2) is 17.4 Å². The predicted octanol–water partition coefficient (Wildman–Crippen LogP) is 4.71. The van der Waals surface area contributed by atoms with E-state index in [1.54, 1.807) is 12.1 Å². The van der Waals surface area contributed by atoms with Crippen LogP contribution in [0, 0.1) is 23.4 Å². The van der Waals surface area contributed by atoms with Crippen LogP contribution in [0.3, 0.4) is 0 Å². The normalized spacial score (nSPS) is 13.9. The van der Waals surface area contributed by atoms with Crippen LogP contribution in [-0.2, 0) is 11.2 Å². The zero-order chi connectivity index (χ0) is 19.0. The van der Waals surface area contributed by atoms with Crippen LogP contribution in [0.4, 0.5) is 13.2 Å². The van der Waals surface area contributed by atoms with E-state index >= 15 is 0 Å². The third-order valence-corrected chi connectivity index (χ3v) is 4.93. The Morgan fingerprint density at radius 3 is 2.52 bits per heavy atom. The number of aromatic amines is 1. The molecule has 0 aliphatic heterocycles. The Bertz CT molecular complexity index is 991. The summed E-state index contributed by atoms with van der Waals surface area (Å²) < 4.78 is 41.2. The van der Waals surface area contributed by atoms with Crippen LogP contribution < -0.4 is 5.32 Å². The minimum Gasteiger partial charge on any atom is -0.356 e. The molecule has 2 N–H and O–H groups in total. The largest absolute Gasteiger partial charge is 0.356 e. The van der Waals surface area contributed by atoms with Crippen LogP contribution in [0.2, 0.25) is 0 Å². The van der Waals surface area contributed by atoms with E-state index in [4.69, 9.17) is 0 Å². The second kappa shape index (κ2) is 7.10. The summed E-state index contributed by atoms with van der Waals surface area (Å²) in [6, 6.07) is 7.92. The highest BCUT2D eigenvalue weighted by molar-refractivity contribution is 5.91. The fourth-order valence-corrected chi connectivity index (χ4v) is 3.38. The number of rotatable bonds is 6. The molecule has 6 heteroatoms. The number of nitrogens with one attached hydrogen (secondary N) is 2. The SMILES string of the molecule is O=C(CC1CC1)NCCc1c(-c2ccc(F)cc2)[nH]c2c(F)cc(F)cc12. The first-order valence-corrected chi connectivity index (χ1v) is 9.03. The van der Waals surface area contributed by atoms with Crippen molar-refractivity contribution in [2.75, 3.05) is 6.54 Å². The maximum atomic E-state index is 14.2. The van der Waals surface area contributed by atoms with Gasteiger partial charge in [-0.15, -0.1) is 0 Å². The van der Waals surface area contributed by atoms with E-state index in [2.05, 4.69) is 10.3 Å². The molecule has 3 aromatic rings. The second-order valence-electron chi connectivity index (χ2n) is 7.04. The van der Waals surface area contributed by atoms with E-state index in [9.17, 15) is 18.0 Å². The van der Waals surface area contributed by atoms with Crippen molar-refractivity contribution in [1.82, 2.24) is 10.3 Å². The number of fused-ring (bicyclic) bond motifs is 1. The Kier molecular flexibility index (Phi) is 4.64. The number of H-pyrrole nitrogens is 1. The van der Waals surface area contributed by atoms with Gasteiger partial charge < -0.3 is 10.3 Å². The predicted molar refractivity (Wildman–Crippen MR) is 97.7 cm³/mol. The average Bonchev–Trinajstić information content (AvgIpc) is 3.36. The van der Waals surface area contributed by atoms with Crippen LogP contribution in [0.25, 0.3) is 22.2 Å². The Balaban J connectivity index is 1.65. The first-order valence-electron chi connectivity index (χ1n) is 9.03. The van der Waals surface area contributed by atoms with Gasteiger partial charge in [0.2, 0.25) is 5.91 Å². The lowest BCUT2D eigenvalue weighted by atomic mass is 10.0. The van der Waals surface area contributed by atoms with Gasteiger partial charge in [-0.2, -0.15) is 0 Å².